The minimum atomic E-state index is -3.49. The van der Waals surface area contributed by atoms with Crippen LogP contribution in [0.3, 0.4) is 0 Å². The minimum absolute atomic E-state index is 0.0347. The number of hydrogen-bond donors (Lipinski definition) is 1. The lowest BCUT2D eigenvalue weighted by Gasteiger charge is -2.55. The molecule has 9 heteroatoms. The number of thioether (sulfide) groups is 1. The van der Waals surface area contributed by atoms with Crippen molar-refractivity contribution >= 4 is 75.4 Å². The number of carbonyl (C=O) groups excluding carboxylic acids is 1. The molecule has 37 heavy (non-hydrogen) atoms. The highest BCUT2D eigenvalue weighted by atomic mass is 127. The van der Waals surface area contributed by atoms with Crippen molar-refractivity contribution in [3.05, 3.63) is 52.6 Å². The SMILES string of the molecule is CSc1ccc(C2C[C@@]3(C)C(CC[C@@]3(O)C(F)(F)C#CSP(I)I)C3CCC4=CC(=O)CCC4=C23)cc1. The quantitative estimate of drug-likeness (QED) is 0.143. The normalized spacial score (nSPS) is 33.4. The van der Waals surface area contributed by atoms with E-state index in [1.807, 2.05) is 19.3 Å². The van der Waals surface area contributed by atoms with Crippen LogP contribution < -0.4 is 0 Å². The second-order valence-corrected chi connectivity index (χ2v) is 29.3. The molecule has 4 aliphatic rings. The first-order valence-corrected chi connectivity index (χ1v) is 22.1. The van der Waals surface area contributed by atoms with Gasteiger partial charge in [-0.1, -0.05) is 24.6 Å². The highest BCUT2D eigenvalue weighted by molar-refractivity contribution is 14.3. The smallest absolute Gasteiger partial charge is 0.337 e. The van der Waals surface area contributed by atoms with Crippen LogP contribution in [-0.4, -0.2) is 28.7 Å². The first-order chi connectivity index (χ1) is 17.5. The molecule has 0 heterocycles. The van der Waals surface area contributed by atoms with Crippen molar-refractivity contribution in [3.63, 3.8) is 0 Å². The van der Waals surface area contributed by atoms with Gasteiger partial charge in [0.2, 0.25) is 0 Å². The molecule has 1 aromatic carbocycles. The topological polar surface area (TPSA) is 37.3 Å². The van der Waals surface area contributed by atoms with Gasteiger partial charge in [-0.15, -0.1) is 11.8 Å². The second kappa shape index (κ2) is 11.0. The van der Waals surface area contributed by atoms with E-state index in [0.717, 1.165) is 35.3 Å². The van der Waals surface area contributed by atoms with Crippen LogP contribution in [0.5, 0.6) is 0 Å². The van der Waals surface area contributed by atoms with Gasteiger partial charge in [0.15, 0.2) is 5.78 Å². The number of hydrogen-bond acceptors (Lipinski definition) is 4. The first-order valence-electron chi connectivity index (χ1n) is 12.5. The number of fused-ring (bicyclic) bond motifs is 4. The highest BCUT2D eigenvalue weighted by Gasteiger charge is 2.71. The Morgan fingerprint density at radius 3 is 2.57 bits per heavy atom. The fourth-order valence-corrected chi connectivity index (χ4v) is 10.3. The maximum absolute atomic E-state index is 15.8. The van der Waals surface area contributed by atoms with Gasteiger partial charge >= 0.3 is 5.92 Å². The van der Waals surface area contributed by atoms with Gasteiger partial charge in [-0.3, -0.25) is 4.79 Å². The lowest BCUT2D eigenvalue weighted by molar-refractivity contribution is -0.209. The third kappa shape index (κ3) is 5.03. The van der Waals surface area contributed by atoms with Gasteiger partial charge in [0.1, 0.15) is 5.60 Å². The van der Waals surface area contributed by atoms with Gasteiger partial charge in [0, 0.05) is 22.6 Å². The van der Waals surface area contributed by atoms with Crippen LogP contribution in [0.15, 0.2) is 52.0 Å². The number of alkyl halides is 2. The van der Waals surface area contributed by atoms with Crippen LogP contribution in [0.1, 0.15) is 63.4 Å². The standard InChI is InChI=1S/C28H29F2I2O2PS2/c1-26-16-23(17-3-7-20(36-2)8-4-17)25-21-10-6-19(33)15-18(21)5-9-22(25)24(26)11-12-27(26,34)28(29,30)13-14-37-35(31)32/h3-4,7-8,15,22-24,34H,5-6,9-12,16H2,1-2H3/t22?,23?,24?,26-,27-/m0/s1. The average molecular weight is 784 g/mol. The summed E-state index contributed by atoms with van der Waals surface area (Å²) in [4.78, 5) is 13.4. The molecule has 4 aliphatic carbocycles. The van der Waals surface area contributed by atoms with Gasteiger partial charge in [-0.2, -0.15) is 8.78 Å². The Bertz CT molecular complexity index is 1220. The number of aliphatic hydroxyl groups is 1. The molecule has 3 unspecified atom stereocenters. The van der Waals surface area contributed by atoms with Gasteiger partial charge in [0.25, 0.3) is 0 Å². The molecule has 1 N–H and O–H groups in total. The Labute approximate surface area is 253 Å². The largest absolute Gasteiger partial charge is 0.382 e. The van der Waals surface area contributed by atoms with Gasteiger partial charge in [-0.05, 0) is 158 Å². The zero-order valence-corrected chi connectivity index (χ0v) is 27.5. The fourth-order valence-electron chi connectivity index (χ4n) is 7.54. The molecular formula is C28H29F2I2O2PS2. The predicted octanol–water partition coefficient (Wildman–Crippen LogP) is 9.47. The number of rotatable bonds is 4. The van der Waals surface area contributed by atoms with Crippen LogP contribution in [-0.2, 0) is 4.79 Å². The molecule has 1 aromatic rings. The maximum atomic E-state index is 15.8. The van der Waals surface area contributed by atoms with Crippen LogP contribution in [0.4, 0.5) is 8.78 Å². The van der Waals surface area contributed by atoms with Gasteiger partial charge in [0.05, 0.1) is 2.41 Å². The highest BCUT2D eigenvalue weighted by Crippen LogP contribution is 2.69. The van der Waals surface area contributed by atoms with Crippen LogP contribution >= 0.6 is 69.6 Å². The Morgan fingerprint density at radius 2 is 1.89 bits per heavy atom. The van der Waals surface area contributed by atoms with E-state index in [2.05, 4.69) is 79.5 Å². The summed E-state index contributed by atoms with van der Waals surface area (Å²) in [6.07, 6.45) is 7.85. The summed E-state index contributed by atoms with van der Waals surface area (Å²) < 4.78 is 31.2. The van der Waals surface area contributed by atoms with Crippen molar-refractivity contribution < 1.29 is 18.7 Å². The van der Waals surface area contributed by atoms with Gasteiger partial charge < -0.3 is 5.11 Å². The van der Waals surface area contributed by atoms with Crippen LogP contribution in [0.25, 0.3) is 0 Å². The molecule has 2 saturated carbocycles. The van der Waals surface area contributed by atoms with E-state index < -0.39 is 19.3 Å². The molecule has 0 saturated heterocycles. The zero-order chi connectivity index (χ0) is 26.6. The summed E-state index contributed by atoms with van der Waals surface area (Å²) in [6, 6.07) is 8.46. The van der Waals surface area contributed by atoms with Crippen molar-refractivity contribution in [2.45, 2.75) is 74.2 Å². The van der Waals surface area contributed by atoms with E-state index in [1.165, 1.54) is 22.5 Å². The maximum Gasteiger partial charge on any atom is 0.337 e. The first kappa shape index (κ1) is 28.9. The lowest BCUT2D eigenvalue weighted by atomic mass is 9.50. The summed E-state index contributed by atoms with van der Waals surface area (Å²) in [5.74, 6) is -1.07. The molecule has 5 atom stereocenters. The van der Waals surface area contributed by atoms with Crippen molar-refractivity contribution in [2.24, 2.45) is 17.3 Å². The minimum Gasteiger partial charge on any atom is -0.382 e. The molecule has 0 aromatic heterocycles. The summed E-state index contributed by atoms with van der Waals surface area (Å²) in [6.45, 7) is 1.90. The van der Waals surface area contributed by atoms with Crippen molar-refractivity contribution in [1.82, 2.24) is 0 Å². The summed E-state index contributed by atoms with van der Waals surface area (Å²) in [5, 5.41) is 14.5. The third-order valence-corrected chi connectivity index (χ3v) is 14.6. The second-order valence-electron chi connectivity index (χ2n) is 10.8. The number of allylic oxidation sites excluding steroid dienone is 4. The summed E-state index contributed by atoms with van der Waals surface area (Å²) in [7, 11) is 0. The number of benzene rings is 1. The molecule has 2 fully saturated rings. The molecule has 0 radical (unpaired) electrons. The zero-order valence-electron chi connectivity index (χ0n) is 20.7. The fraction of sp³-hybridized carbons (Fsp3) is 0.536. The Balaban J connectivity index is 1.63. The van der Waals surface area contributed by atoms with Crippen molar-refractivity contribution in [1.29, 1.82) is 0 Å². The summed E-state index contributed by atoms with van der Waals surface area (Å²) in [5.41, 5.74) is 1.74. The number of ketones is 1. The molecule has 2 nitrogen and oxygen atoms in total. The molecule has 0 aliphatic heterocycles. The van der Waals surface area contributed by atoms with E-state index in [9.17, 15) is 9.90 Å². The number of halogens is 4. The average Bonchev–Trinajstić information content (AvgIpc) is 3.14. The lowest BCUT2D eigenvalue weighted by Crippen LogP contribution is -2.60. The third-order valence-electron chi connectivity index (χ3n) is 9.25. The Morgan fingerprint density at radius 1 is 1.16 bits per heavy atom. The predicted molar refractivity (Wildman–Crippen MR) is 169 cm³/mol. The van der Waals surface area contributed by atoms with Gasteiger partial charge in [-0.25, -0.2) is 0 Å². The van der Waals surface area contributed by atoms with E-state index >= 15 is 8.78 Å². The van der Waals surface area contributed by atoms with Crippen molar-refractivity contribution in [2.75, 3.05) is 6.26 Å². The molecule has 198 valence electrons. The summed E-state index contributed by atoms with van der Waals surface area (Å²) >= 11 is 7.30. The van der Waals surface area contributed by atoms with E-state index in [4.69, 9.17) is 0 Å². The van der Waals surface area contributed by atoms with Crippen LogP contribution in [0.2, 0.25) is 0 Å². The van der Waals surface area contributed by atoms with E-state index in [1.54, 1.807) is 11.8 Å². The molecular weight excluding hydrogens is 755 g/mol. The molecule has 5 rings (SSSR count). The monoisotopic (exact) mass is 784 g/mol. The van der Waals surface area contributed by atoms with E-state index in [-0.39, 0.29) is 30.0 Å². The Hall–Kier alpha value is 0.340. The number of carbonyl (C=O) groups is 1. The molecule has 0 bridgehead atoms. The Kier molecular flexibility index (Phi) is 8.55. The van der Waals surface area contributed by atoms with Crippen LogP contribution in [0, 0.1) is 28.4 Å². The molecule has 0 amide bonds. The molecule has 0 spiro atoms. The van der Waals surface area contributed by atoms with E-state index in [0.29, 0.717) is 19.3 Å². The van der Waals surface area contributed by atoms with Crippen molar-refractivity contribution in [3.8, 4) is 11.2 Å².